The minimum Gasteiger partial charge on any atom is -0.489 e. The van der Waals surface area contributed by atoms with Gasteiger partial charge in [-0.05, 0) is 44.5 Å². The Morgan fingerprint density at radius 2 is 1.81 bits per heavy atom. The quantitative estimate of drug-likeness (QED) is 0.518. The lowest BCUT2D eigenvalue weighted by Gasteiger charge is -2.36. The van der Waals surface area contributed by atoms with E-state index in [9.17, 15) is 10.1 Å². The molecule has 9 nitrogen and oxygen atoms in total. The van der Waals surface area contributed by atoms with Crippen LogP contribution in [0.4, 0.5) is 10.5 Å². The number of nitriles is 1. The maximum absolute atomic E-state index is 12.4. The SMILES string of the molecule is CC(C)(C)OC(=O)N1CCN(c2ccc(-c3cc(OC4CCOCC4)cn4ncc(C#N)c34)cc2)CC1. The lowest BCUT2D eigenvalue weighted by Crippen LogP contribution is -2.50. The molecule has 5 rings (SSSR count). The summed E-state index contributed by atoms with van der Waals surface area (Å²) in [5.74, 6) is 0.726. The highest BCUT2D eigenvalue weighted by molar-refractivity contribution is 5.85. The molecule has 37 heavy (non-hydrogen) atoms. The van der Waals surface area contributed by atoms with Gasteiger partial charge in [-0.3, -0.25) is 0 Å². The van der Waals surface area contributed by atoms with Crippen molar-refractivity contribution in [2.24, 2.45) is 0 Å². The minimum absolute atomic E-state index is 0.103. The highest BCUT2D eigenvalue weighted by Gasteiger charge is 2.26. The number of hydrogen-bond acceptors (Lipinski definition) is 7. The van der Waals surface area contributed by atoms with Gasteiger partial charge in [0.05, 0.1) is 36.7 Å². The van der Waals surface area contributed by atoms with E-state index in [0.29, 0.717) is 31.9 Å². The van der Waals surface area contributed by atoms with Crippen molar-refractivity contribution in [2.45, 2.75) is 45.3 Å². The summed E-state index contributed by atoms with van der Waals surface area (Å²) < 4.78 is 19.0. The maximum atomic E-state index is 12.4. The smallest absolute Gasteiger partial charge is 0.410 e. The van der Waals surface area contributed by atoms with Crippen LogP contribution in [0.3, 0.4) is 0 Å². The highest BCUT2D eigenvalue weighted by Crippen LogP contribution is 2.33. The fourth-order valence-electron chi connectivity index (χ4n) is 4.78. The zero-order valence-corrected chi connectivity index (χ0v) is 21.6. The number of carbonyl (C=O) groups excluding carboxylic acids is 1. The molecule has 0 spiro atoms. The molecule has 2 aliphatic heterocycles. The first-order valence-electron chi connectivity index (χ1n) is 12.8. The number of hydrogen-bond donors (Lipinski definition) is 0. The van der Waals surface area contributed by atoms with Crippen LogP contribution in [0.1, 0.15) is 39.2 Å². The van der Waals surface area contributed by atoms with Crippen molar-refractivity contribution in [1.82, 2.24) is 14.5 Å². The molecule has 1 amide bonds. The third-order valence-corrected chi connectivity index (χ3v) is 6.65. The summed E-state index contributed by atoms with van der Waals surface area (Å²) in [6.45, 7) is 9.75. The second-order valence-electron chi connectivity index (χ2n) is 10.5. The first-order chi connectivity index (χ1) is 17.8. The van der Waals surface area contributed by atoms with Crippen molar-refractivity contribution in [2.75, 3.05) is 44.3 Å². The Kier molecular flexibility index (Phi) is 6.94. The van der Waals surface area contributed by atoms with Crippen LogP contribution in [-0.2, 0) is 9.47 Å². The van der Waals surface area contributed by atoms with Gasteiger partial charge in [0.15, 0.2) is 0 Å². The molecule has 2 aliphatic rings. The topological polar surface area (TPSA) is 92.3 Å². The van der Waals surface area contributed by atoms with Crippen molar-refractivity contribution in [3.05, 3.63) is 48.3 Å². The summed E-state index contributed by atoms with van der Waals surface area (Å²) in [4.78, 5) is 16.4. The molecule has 0 aliphatic carbocycles. The second kappa shape index (κ2) is 10.3. The summed E-state index contributed by atoms with van der Waals surface area (Å²) in [6.07, 6.45) is 4.98. The van der Waals surface area contributed by atoms with Gasteiger partial charge in [0, 0.05) is 50.3 Å². The Labute approximate surface area is 217 Å². The van der Waals surface area contributed by atoms with Crippen LogP contribution in [0.25, 0.3) is 16.6 Å². The average Bonchev–Trinajstić information content (AvgIpc) is 3.31. The molecule has 2 fully saturated rings. The number of carbonyl (C=O) groups is 1. The third kappa shape index (κ3) is 5.65. The van der Waals surface area contributed by atoms with Gasteiger partial charge >= 0.3 is 6.09 Å². The number of benzene rings is 1. The molecule has 0 bridgehead atoms. The standard InChI is InChI=1S/C28H33N5O4/c1-28(2,3)37-27(34)32-12-10-31(11-13-32)22-6-4-20(5-7-22)25-16-24(36-23-8-14-35-15-9-23)19-33-26(25)21(17-29)18-30-33/h4-7,16,18-19,23H,8-15H2,1-3H3. The molecular weight excluding hydrogens is 470 g/mol. The number of ether oxygens (including phenoxy) is 3. The van der Waals surface area contributed by atoms with Crippen LogP contribution in [0.5, 0.6) is 5.75 Å². The summed E-state index contributed by atoms with van der Waals surface area (Å²) in [7, 11) is 0. The van der Waals surface area contributed by atoms with E-state index in [1.165, 1.54) is 0 Å². The molecular formula is C28H33N5O4. The van der Waals surface area contributed by atoms with Crippen LogP contribution in [0, 0.1) is 11.3 Å². The normalized spacial score (nSPS) is 17.0. The monoisotopic (exact) mass is 503 g/mol. The summed E-state index contributed by atoms with van der Waals surface area (Å²) in [6, 6.07) is 12.6. The van der Waals surface area contributed by atoms with Gasteiger partial charge in [-0.25, -0.2) is 9.31 Å². The van der Waals surface area contributed by atoms with E-state index in [1.807, 2.05) is 33.0 Å². The zero-order valence-electron chi connectivity index (χ0n) is 21.6. The average molecular weight is 504 g/mol. The van der Waals surface area contributed by atoms with E-state index < -0.39 is 5.60 Å². The Bertz CT molecular complexity index is 1290. The van der Waals surface area contributed by atoms with Crippen LogP contribution in [0.15, 0.2) is 42.7 Å². The number of nitrogens with zero attached hydrogens (tertiary/aromatic N) is 5. The maximum Gasteiger partial charge on any atom is 0.410 e. The molecule has 4 heterocycles. The molecule has 2 saturated heterocycles. The number of rotatable bonds is 4. The summed E-state index contributed by atoms with van der Waals surface area (Å²) >= 11 is 0. The van der Waals surface area contributed by atoms with Gasteiger partial charge in [0.1, 0.15) is 23.5 Å². The second-order valence-corrected chi connectivity index (χ2v) is 10.5. The van der Waals surface area contributed by atoms with Gasteiger partial charge in [0.25, 0.3) is 0 Å². The lowest BCUT2D eigenvalue weighted by molar-refractivity contribution is 0.0239. The van der Waals surface area contributed by atoms with Crippen LogP contribution < -0.4 is 9.64 Å². The predicted octanol–water partition coefficient (Wildman–Crippen LogP) is 4.49. The number of anilines is 1. The molecule has 9 heteroatoms. The zero-order chi connectivity index (χ0) is 26.0. The van der Waals surface area contributed by atoms with Crippen molar-refractivity contribution >= 4 is 17.3 Å². The molecule has 194 valence electrons. The molecule has 2 aromatic heterocycles. The third-order valence-electron chi connectivity index (χ3n) is 6.65. The van der Waals surface area contributed by atoms with E-state index in [-0.39, 0.29) is 12.2 Å². The number of amides is 1. The first-order valence-corrected chi connectivity index (χ1v) is 12.8. The van der Waals surface area contributed by atoms with Crippen LogP contribution >= 0.6 is 0 Å². The largest absolute Gasteiger partial charge is 0.489 e. The van der Waals surface area contributed by atoms with Crippen LogP contribution in [-0.4, -0.2) is 71.7 Å². The van der Waals surface area contributed by atoms with E-state index in [2.05, 4.69) is 40.3 Å². The molecule has 0 saturated carbocycles. The number of pyridine rings is 1. The van der Waals surface area contributed by atoms with Gasteiger partial charge in [-0.2, -0.15) is 10.4 Å². The molecule has 0 atom stereocenters. The van der Waals surface area contributed by atoms with Gasteiger partial charge in [0.2, 0.25) is 0 Å². The van der Waals surface area contributed by atoms with Crippen molar-refractivity contribution in [3.8, 4) is 22.9 Å². The highest BCUT2D eigenvalue weighted by atomic mass is 16.6. The van der Waals surface area contributed by atoms with E-state index in [0.717, 1.165) is 54.0 Å². The Morgan fingerprint density at radius 1 is 1.11 bits per heavy atom. The molecule has 3 aromatic rings. The molecule has 0 N–H and O–H groups in total. The molecule has 0 radical (unpaired) electrons. The fourth-order valence-corrected chi connectivity index (χ4v) is 4.78. The Hall–Kier alpha value is -3.77. The Balaban J connectivity index is 1.34. The van der Waals surface area contributed by atoms with Gasteiger partial charge < -0.3 is 24.0 Å². The van der Waals surface area contributed by atoms with Crippen molar-refractivity contribution < 1.29 is 19.0 Å². The summed E-state index contributed by atoms with van der Waals surface area (Å²) in [5, 5.41) is 14.1. The predicted molar refractivity (Wildman–Crippen MR) is 140 cm³/mol. The van der Waals surface area contributed by atoms with Gasteiger partial charge in [-0.15, -0.1) is 0 Å². The number of piperazine rings is 1. The van der Waals surface area contributed by atoms with E-state index >= 15 is 0 Å². The number of aromatic nitrogens is 2. The van der Waals surface area contributed by atoms with Crippen LogP contribution in [0.2, 0.25) is 0 Å². The van der Waals surface area contributed by atoms with E-state index in [1.54, 1.807) is 15.6 Å². The molecule has 0 unspecified atom stereocenters. The summed E-state index contributed by atoms with van der Waals surface area (Å²) in [5.41, 5.74) is 3.77. The van der Waals surface area contributed by atoms with Crippen molar-refractivity contribution in [3.63, 3.8) is 0 Å². The number of fused-ring (bicyclic) bond motifs is 1. The Morgan fingerprint density at radius 3 is 2.46 bits per heavy atom. The lowest BCUT2D eigenvalue weighted by atomic mass is 10.0. The first kappa shape index (κ1) is 24.9. The van der Waals surface area contributed by atoms with E-state index in [4.69, 9.17) is 14.2 Å². The minimum atomic E-state index is -0.496. The fraction of sp³-hybridized carbons (Fsp3) is 0.464. The molecule has 1 aromatic carbocycles. The van der Waals surface area contributed by atoms with Crippen molar-refractivity contribution in [1.29, 1.82) is 5.26 Å². The van der Waals surface area contributed by atoms with Gasteiger partial charge in [-0.1, -0.05) is 12.1 Å².